The van der Waals surface area contributed by atoms with E-state index in [1.54, 1.807) is 12.1 Å². The SMILES string of the molecule is C=CC(=O)Nc1ccc(CCC(=O)Nc2cnn(-c3ccc(C(F)(F)F)cc3)c2)cc1. The fourth-order valence-corrected chi connectivity index (χ4v) is 2.76. The Morgan fingerprint density at radius 2 is 1.68 bits per heavy atom. The predicted octanol–water partition coefficient (Wildman–Crippen LogP) is 4.59. The van der Waals surface area contributed by atoms with Crippen LogP contribution in [0.2, 0.25) is 0 Å². The molecule has 6 nitrogen and oxygen atoms in total. The van der Waals surface area contributed by atoms with Crippen LogP contribution in [-0.4, -0.2) is 21.6 Å². The van der Waals surface area contributed by atoms with Crippen molar-refractivity contribution in [1.29, 1.82) is 0 Å². The average Bonchev–Trinajstić information content (AvgIpc) is 3.21. The smallest absolute Gasteiger partial charge is 0.323 e. The second kappa shape index (κ2) is 9.29. The first-order chi connectivity index (χ1) is 14.7. The van der Waals surface area contributed by atoms with Gasteiger partial charge in [-0.25, -0.2) is 4.68 Å². The van der Waals surface area contributed by atoms with E-state index in [4.69, 9.17) is 0 Å². The zero-order chi connectivity index (χ0) is 22.4. The van der Waals surface area contributed by atoms with E-state index in [0.29, 0.717) is 23.5 Å². The van der Waals surface area contributed by atoms with Crippen molar-refractivity contribution in [3.05, 3.63) is 84.7 Å². The molecular weight excluding hydrogens is 409 g/mol. The molecule has 0 unspecified atom stereocenters. The van der Waals surface area contributed by atoms with Crippen LogP contribution in [0.5, 0.6) is 0 Å². The normalized spacial score (nSPS) is 11.1. The van der Waals surface area contributed by atoms with Crippen molar-refractivity contribution in [2.45, 2.75) is 19.0 Å². The van der Waals surface area contributed by atoms with Gasteiger partial charge in [0, 0.05) is 12.1 Å². The van der Waals surface area contributed by atoms with Crippen molar-refractivity contribution in [3.63, 3.8) is 0 Å². The summed E-state index contributed by atoms with van der Waals surface area (Å²) in [4.78, 5) is 23.5. The number of halogens is 3. The molecule has 2 amide bonds. The van der Waals surface area contributed by atoms with Crippen molar-refractivity contribution in [1.82, 2.24) is 9.78 Å². The number of hydrogen-bond donors (Lipinski definition) is 2. The summed E-state index contributed by atoms with van der Waals surface area (Å²) in [5.74, 6) is -0.528. The van der Waals surface area contributed by atoms with Crippen LogP contribution in [0.4, 0.5) is 24.5 Å². The van der Waals surface area contributed by atoms with Crippen molar-refractivity contribution < 1.29 is 22.8 Å². The molecule has 0 aliphatic heterocycles. The predicted molar refractivity (Wildman–Crippen MR) is 111 cm³/mol. The molecule has 0 fully saturated rings. The fourth-order valence-electron chi connectivity index (χ4n) is 2.76. The third-order valence-corrected chi connectivity index (χ3v) is 4.37. The fraction of sp³-hybridized carbons (Fsp3) is 0.136. The third kappa shape index (κ3) is 6.05. The largest absolute Gasteiger partial charge is 0.416 e. The van der Waals surface area contributed by atoms with Gasteiger partial charge >= 0.3 is 6.18 Å². The van der Waals surface area contributed by atoms with Gasteiger partial charge in [-0.15, -0.1) is 0 Å². The molecule has 31 heavy (non-hydrogen) atoms. The molecule has 1 aromatic heterocycles. The lowest BCUT2D eigenvalue weighted by atomic mass is 10.1. The number of aromatic nitrogens is 2. The molecule has 0 radical (unpaired) electrons. The maximum Gasteiger partial charge on any atom is 0.416 e. The van der Waals surface area contributed by atoms with Crippen molar-refractivity contribution in [3.8, 4) is 5.69 Å². The van der Waals surface area contributed by atoms with E-state index < -0.39 is 11.7 Å². The second-order valence-electron chi connectivity index (χ2n) is 6.66. The molecule has 9 heteroatoms. The summed E-state index contributed by atoms with van der Waals surface area (Å²) in [6.07, 6.45) is 0.447. The van der Waals surface area contributed by atoms with Crippen LogP contribution in [-0.2, 0) is 22.2 Å². The van der Waals surface area contributed by atoms with Gasteiger partial charge < -0.3 is 10.6 Å². The van der Waals surface area contributed by atoms with Crippen LogP contribution in [0, 0.1) is 0 Å². The minimum Gasteiger partial charge on any atom is -0.323 e. The average molecular weight is 428 g/mol. The van der Waals surface area contributed by atoms with Gasteiger partial charge in [-0.3, -0.25) is 9.59 Å². The summed E-state index contributed by atoms with van der Waals surface area (Å²) in [5, 5.41) is 9.42. The maximum atomic E-state index is 12.7. The highest BCUT2D eigenvalue weighted by molar-refractivity contribution is 5.98. The molecule has 0 aliphatic carbocycles. The Morgan fingerprint density at radius 3 is 2.29 bits per heavy atom. The summed E-state index contributed by atoms with van der Waals surface area (Å²) in [6, 6.07) is 11.7. The molecule has 0 aliphatic rings. The number of rotatable bonds is 7. The number of carbonyl (C=O) groups is 2. The quantitative estimate of drug-likeness (QED) is 0.541. The lowest BCUT2D eigenvalue weighted by Gasteiger charge is -2.07. The van der Waals surface area contributed by atoms with Crippen LogP contribution in [0.3, 0.4) is 0 Å². The van der Waals surface area contributed by atoms with E-state index in [2.05, 4.69) is 22.3 Å². The van der Waals surface area contributed by atoms with Gasteiger partial charge in [-0.2, -0.15) is 18.3 Å². The first kappa shape index (κ1) is 21.8. The Bertz CT molecular complexity index is 1070. The molecule has 0 spiro atoms. The van der Waals surface area contributed by atoms with Crippen LogP contribution in [0.15, 0.2) is 73.6 Å². The van der Waals surface area contributed by atoms with Gasteiger partial charge in [-0.1, -0.05) is 18.7 Å². The molecular formula is C22H19F3N4O2. The number of alkyl halides is 3. The monoisotopic (exact) mass is 428 g/mol. The molecule has 0 bridgehead atoms. The van der Waals surface area contributed by atoms with Crippen LogP contribution < -0.4 is 10.6 Å². The third-order valence-electron chi connectivity index (χ3n) is 4.37. The van der Waals surface area contributed by atoms with E-state index in [1.807, 2.05) is 12.1 Å². The lowest BCUT2D eigenvalue weighted by Crippen LogP contribution is -2.12. The van der Waals surface area contributed by atoms with Crippen LogP contribution in [0.1, 0.15) is 17.5 Å². The number of nitrogens with one attached hydrogen (secondary N) is 2. The molecule has 0 atom stereocenters. The highest BCUT2D eigenvalue weighted by Crippen LogP contribution is 2.29. The number of hydrogen-bond acceptors (Lipinski definition) is 3. The first-order valence-electron chi connectivity index (χ1n) is 9.29. The standard InChI is InChI=1S/C22H19F3N4O2/c1-2-20(30)27-17-8-3-15(4-9-17)5-12-21(31)28-18-13-26-29(14-18)19-10-6-16(7-11-19)22(23,24)25/h2-4,6-11,13-14H,1,5,12H2,(H,27,30)(H,28,31). The summed E-state index contributed by atoms with van der Waals surface area (Å²) in [5.41, 5.74) is 1.69. The zero-order valence-corrected chi connectivity index (χ0v) is 16.3. The zero-order valence-electron chi connectivity index (χ0n) is 16.3. The topological polar surface area (TPSA) is 76.0 Å². The number of nitrogens with zero attached hydrogens (tertiary/aromatic N) is 2. The summed E-state index contributed by atoms with van der Waals surface area (Å²) >= 11 is 0. The maximum absolute atomic E-state index is 12.7. The number of anilines is 2. The van der Waals surface area contributed by atoms with Crippen molar-refractivity contribution in [2.75, 3.05) is 10.6 Å². The van der Waals surface area contributed by atoms with Gasteiger partial charge in [0.25, 0.3) is 0 Å². The Morgan fingerprint density at radius 1 is 1.00 bits per heavy atom. The van der Waals surface area contributed by atoms with Gasteiger partial charge in [0.1, 0.15) is 0 Å². The molecule has 3 rings (SSSR count). The molecule has 2 aromatic carbocycles. The second-order valence-corrected chi connectivity index (χ2v) is 6.66. The Hall–Kier alpha value is -3.88. The summed E-state index contributed by atoms with van der Waals surface area (Å²) in [6.45, 7) is 3.39. The lowest BCUT2D eigenvalue weighted by molar-refractivity contribution is -0.137. The first-order valence-corrected chi connectivity index (χ1v) is 9.29. The molecule has 0 saturated heterocycles. The molecule has 2 N–H and O–H groups in total. The van der Waals surface area contributed by atoms with Crippen molar-refractivity contribution in [2.24, 2.45) is 0 Å². The Labute approximate surface area is 176 Å². The number of benzene rings is 2. The van der Waals surface area contributed by atoms with Gasteiger partial charge in [0.15, 0.2) is 0 Å². The van der Waals surface area contributed by atoms with E-state index in [0.717, 1.165) is 17.7 Å². The molecule has 160 valence electrons. The van der Waals surface area contributed by atoms with E-state index in [9.17, 15) is 22.8 Å². The number of carbonyl (C=O) groups excluding carboxylic acids is 2. The van der Waals surface area contributed by atoms with Crippen LogP contribution >= 0.6 is 0 Å². The minimum absolute atomic E-state index is 0.226. The Kier molecular flexibility index (Phi) is 6.54. The van der Waals surface area contributed by atoms with E-state index in [-0.39, 0.29) is 18.2 Å². The highest BCUT2D eigenvalue weighted by atomic mass is 19.4. The molecule has 0 saturated carbocycles. The van der Waals surface area contributed by atoms with E-state index in [1.165, 1.54) is 35.3 Å². The summed E-state index contributed by atoms with van der Waals surface area (Å²) in [7, 11) is 0. The van der Waals surface area contributed by atoms with Crippen LogP contribution in [0.25, 0.3) is 5.69 Å². The highest BCUT2D eigenvalue weighted by Gasteiger charge is 2.30. The number of aryl methyl sites for hydroxylation is 1. The molecule has 1 heterocycles. The van der Waals surface area contributed by atoms with Gasteiger partial charge in [-0.05, 0) is 54.5 Å². The number of amides is 2. The minimum atomic E-state index is -4.40. The van der Waals surface area contributed by atoms with E-state index >= 15 is 0 Å². The van der Waals surface area contributed by atoms with Gasteiger partial charge in [0.2, 0.25) is 11.8 Å². The van der Waals surface area contributed by atoms with Crippen molar-refractivity contribution >= 4 is 23.2 Å². The Balaban J connectivity index is 1.53. The summed E-state index contributed by atoms with van der Waals surface area (Å²) < 4.78 is 39.4. The van der Waals surface area contributed by atoms with Gasteiger partial charge in [0.05, 0.1) is 29.3 Å². The molecule has 3 aromatic rings.